The van der Waals surface area contributed by atoms with Crippen LogP contribution in [0.3, 0.4) is 0 Å². The molecule has 0 aromatic rings. The summed E-state index contributed by atoms with van der Waals surface area (Å²) in [5, 5.41) is 12.7. The third kappa shape index (κ3) is 4.70. The van der Waals surface area contributed by atoms with Gasteiger partial charge in [-0.3, -0.25) is 4.90 Å². The fourth-order valence-electron chi connectivity index (χ4n) is 15.6. The first-order valence-electron chi connectivity index (χ1n) is 21.4. The van der Waals surface area contributed by atoms with Crippen LogP contribution in [0, 0.1) is 57.2 Å². The Morgan fingerprint density at radius 2 is 1.67 bits per heavy atom. The molecule has 3 N–H and O–H groups in total. The molecule has 4 heterocycles. The zero-order chi connectivity index (χ0) is 36.7. The van der Waals surface area contributed by atoms with Crippen molar-refractivity contribution in [3.05, 3.63) is 0 Å². The van der Waals surface area contributed by atoms with E-state index in [0.29, 0.717) is 23.8 Å². The molecule has 2 spiro atoms. The molecule has 5 saturated carbocycles. The molecule has 15 atom stereocenters. The van der Waals surface area contributed by atoms with Crippen LogP contribution in [0.5, 0.6) is 0 Å². The zero-order valence-corrected chi connectivity index (χ0v) is 33.5. The van der Waals surface area contributed by atoms with Crippen molar-refractivity contribution in [2.24, 2.45) is 62.9 Å². The average molecular weight is 727 g/mol. The number of aliphatic hydroxyl groups excluding tert-OH is 1. The summed E-state index contributed by atoms with van der Waals surface area (Å²) in [6, 6.07) is 0.629. The van der Waals surface area contributed by atoms with Crippen molar-refractivity contribution in [3.63, 3.8) is 0 Å². The number of aliphatic hydroxyl groups is 1. The van der Waals surface area contributed by atoms with Crippen LogP contribution in [0.2, 0.25) is 0 Å². The summed E-state index contributed by atoms with van der Waals surface area (Å²) in [6.45, 7) is 23.0. The van der Waals surface area contributed by atoms with Crippen molar-refractivity contribution in [1.29, 1.82) is 0 Å². The first-order valence-corrected chi connectivity index (χ1v) is 21.4. The first kappa shape index (κ1) is 36.6. The Morgan fingerprint density at radius 1 is 0.962 bits per heavy atom. The largest absolute Gasteiger partial charge is 0.443 e. The molecular weight excluding hydrogens is 656 g/mol. The molecule has 4 saturated heterocycles. The second-order valence-electron chi connectivity index (χ2n) is 20.7. The number of fused-ring (bicyclic) bond motifs is 4. The molecular formula is C42H70N4O6. The maximum atomic E-state index is 13.0. The summed E-state index contributed by atoms with van der Waals surface area (Å²) in [4.78, 5) is 19.8. The van der Waals surface area contributed by atoms with Gasteiger partial charge in [-0.05, 0) is 116 Å². The first-order chi connectivity index (χ1) is 24.6. The normalized spacial score (nSPS) is 51.9. The third-order valence-electron chi connectivity index (χ3n) is 18.2. The number of nitrogens with two attached hydrogens (primary N) is 1. The van der Waals surface area contributed by atoms with Gasteiger partial charge in [0.05, 0.1) is 36.6 Å². The fraction of sp³-hybridized carbons (Fsp3) is 0.976. The fourth-order valence-corrected chi connectivity index (χ4v) is 15.6. The lowest BCUT2D eigenvalue weighted by Gasteiger charge is -2.63. The van der Waals surface area contributed by atoms with E-state index in [1.807, 2.05) is 0 Å². The van der Waals surface area contributed by atoms with Gasteiger partial charge in [0.1, 0.15) is 6.10 Å². The summed E-state index contributed by atoms with van der Waals surface area (Å²) in [7, 11) is 2.20. The summed E-state index contributed by atoms with van der Waals surface area (Å²) in [6.07, 6.45) is 6.63. The smallest absolute Gasteiger partial charge is 0.410 e. The van der Waals surface area contributed by atoms with Crippen LogP contribution in [0.4, 0.5) is 4.79 Å². The van der Waals surface area contributed by atoms with E-state index in [2.05, 4.69) is 65.3 Å². The standard InChI is InChI=1S/C42H70N4O6/c1-24(2)34(52-37(48)45-16-9-17-45)28-20-25(3)33-35(50-28)36(47)42(43)30-11-10-29-38(5,6)31(51-32-23-46(18-19-49-32)27-21-44(8)22-27)12-13-40(29)26(4)41(30,40)15-14-39(33,42)7/h24-36,47H,9-23,43H2,1-8H3/t25-,26-,28?,29+,30?,31+,32+,33+,34-,35?,36+,39-,40-,41+,42+/m1/s1. The minimum absolute atomic E-state index is 0.0261. The van der Waals surface area contributed by atoms with Crippen LogP contribution in [-0.4, -0.2) is 127 Å². The van der Waals surface area contributed by atoms with Crippen molar-refractivity contribution < 1.29 is 28.8 Å². The van der Waals surface area contributed by atoms with E-state index in [-0.39, 0.29) is 76.2 Å². The number of carbonyl (C=O) groups excluding carboxylic acids is 1. The molecule has 10 nitrogen and oxygen atoms in total. The van der Waals surface area contributed by atoms with E-state index in [1.54, 1.807) is 4.90 Å². The Kier molecular flexibility index (Phi) is 8.62. The highest BCUT2D eigenvalue weighted by atomic mass is 16.7. The van der Waals surface area contributed by atoms with E-state index < -0.39 is 11.6 Å². The lowest BCUT2D eigenvalue weighted by molar-refractivity contribution is -0.251. The molecule has 9 rings (SSSR count). The Bertz CT molecular complexity index is 1400. The highest BCUT2D eigenvalue weighted by Crippen LogP contribution is 2.90. The van der Waals surface area contributed by atoms with Gasteiger partial charge in [-0.1, -0.05) is 48.5 Å². The summed E-state index contributed by atoms with van der Waals surface area (Å²) < 4.78 is 26.5. The van der Waals surface area contributed by atoms with Gasteiger partial charge in [-0.15, -0.1) is 0 Å². The molecule has 0 bridgehead atoms. The monoisotopic (exact) mass is 727 g/mol. The predicted molar refractivity (Wildman–Crippen MR) is 198 cm³/mol. The van der Waals surface area contributed by atoms with Crippen LogP contribution in [0.15, 0.2) is 0 Å². The summed E-state index contributed by atoms with van der Waals surface area (Å²) in [5.74, 6) is 2.00. The SMILES string of the molecule is CC(C)[C@@H](OC(=O)N1CCC1)C1C[C@@H](C)[C@H]2C(O1)[C@H](O)[C@@]1(N)C3CC[C@H]4C(C)(C)[C@@H](O[C@H]5CN(C6CN(C)C6)CCO5)CC[C@@]45[C@@H](C)[C@@]35CC[C@]21C. The van der Waals surface area contributed by atoms with E-state index >= 15 is 0 Å². The third-order valence-corrected chi connectivity index (χ3v) is 18.2. The second kappa shape index (κ2) is 12.2. The Hall–Kier alpha value is -1.01. The molecule has 294 valence electrons. The van der Waals surface area contributed by atoms with Crippen LogP contribution < -0.4 is 5.73 Å². The van der Waals surface area contributed by atoms with Crippen molar-refractivity contribution in [3.8, 4) is 0 Å². The molecule has 5 aliphatic carbocycles. The molecule has 52 heavy (non-hydrogen) atoms. The van der Waals surface area contributed by atoms with Crippen molar-refractivity contribution in [1.82, 2.24) is 14.7 Å². The molecule has 10 heteroatoms. The molecule has 9 aliphatic rings. The maximum absolute atomic E-state index is 13.0. The van der Waals surface area contributed by atoms with Crippen LogP contribution in [-0.2, 0) is 18.9 Å². The van der Waals surface area contributed by atoms with E-state index in [4.69, 9.17) is 24.7 Å². The minimum Gasteiger partial charge on any atom is -0.443 e. The zero-order valence-electron chi connectivity index (χ0n) is 33.5. The van der Waals surface area contributed by atoms with Crippen LogP contribution >= 0.6 is 0 Å². The van der Waals surface area contributed by atoms with Crippen LogP contribution in [0.25, 0.3) is 0 Å². The Morgan fingerprint density at radius 3 is 2.35 bits per heavy atom. The number of morpholine rings is 1. The highest BCUT2D eigenvalue weighted by Gasteiger charge is 2.88. The van der Waals surface area contributed by atoms with Gasteiger partial charge in [0.25, 0.3) is 0 Å². The van der Waals surface area contributed by atoms with Crippen LogP contribution in [0.1, 0.15) is 99.8 Å². The number of nitrogens with zero attached hydrogens (tertiary/aromatic N) is 3. The van der Waals surface area contributed by atoms with Gasteiger partial charge in [0.15, 0.2) is 6.29 Å². The number of likely N-dealkylation sites (N-methyl/N-ethyl adjacent to an activating group) is 1. The van der Waals surface area contributed by atoms with Gasteiger partial charge in [0.2, 0.25) is 0 Å². The highest BCUT2D eigenvalue weighted by molar-refractivity contribution is 5.68. The number of carbonyl (C=O) groups is 1. The van der Waals surface area contributed by atoms with E-state index in [1.165, 1.54) is 12.8 Å². The topological polar surface area (TPSA) is 110 Å². The minimum atomic E-state index is -0.746. The Balaban J connectivity index is 0.944. The number of likely N-dealkylation sites (tertiary alicyclic amines) is 2. The molecule has 3 unspecified atom stereocenters. The lowest BCUT2D eigenvalue weighted by atomic mass is 9.43. The van der Waals surface area contributed by atoms with Gasteiger partial charge >= 0.3 is 6.09 Å². The van der Waals surface area contributed by atoms with Gasteiger partial charge < -0.3 is 39.6 Å². The van der Waals surface area contributed by atoms with Gasteiger partial charge in [0, 0.05) is 45.3 Å². The maximum Gasteiger partial charge on any atom is 0.410 e. The number of amides is 1. The molecule has 0 radical (unpaired) electrons. The quantitative estimate of drug-likeness (QED) is 0.393. The molecule has 0 aromatic heterocycles. The van der Waals surface area contributed by atoms with Crippen molar-refractivity contribution in [2.75, 3.05) is 52.9 Å². The number of rotatable bonds is 6. The molecule has 0 aromatic carbocycles. The lowest BCUT2D eigenvalue weighted by Crippen LogP contribution is -2.70. The predicted octanol–water partition coefficient (Wildman–Crippen LogP) is 4.96. The van der Waals surface area contributed by atoms with Gasteiger partial charge in [-0.2, -0.15) is 0 Å². The van der Waals surface area contributed by atoms with Crippen molar-refractivity contribution >= 4 is 6.09 Å². The number of ether oxygens (including phenoxy) is 4. The van der Waals surface area contributed by atoms with E-state index in [9.17, 15) is 9.90 Å². The summed E-state index contributed by atoms with van der Waals surface area (Å²) >= 11 is 0. The van der Waals surface area contributed by atoms with Gasteiger partial charge in [-0.25, -0.2) is 4.79 Å². The second-order valence-corrected chi connectivity index (χ2v) is 20.7. The summed E-state index contributed by atoms with van der Waals surface area (Å²) in [5.41, 5.74) is 7.41. The Labute approximate surface area is 313 Å². The molecule has 1 amide bonds. The number of hydrogen-bond acceptors (Lipinski definition) is 9. The van der Waals surface area contributed by atoms with E-state index in [0.717, 1.165) is 84.4 Å². The van der Waals surface area contributed by atoms with Crippen molar-refractivity contribution in [2.45, 2.75) is 148 Å². The molecule has 4 aliphatic heterocycles. The molecule has 9 fully saturated rings. The number of hydrogen-bond donors (Lipinski definition) is 2. The average Bonchev–Trinajstić information content (AvgIpc) is 3.52.